The van der Waals surface area contributed by atoms with E-state index in [1.807, 2.05) is 0 Å². The van der Waals surface area contributed by atoms with Crippen molar-refractivity contribution >= 4 is 5.82 Å². The molecule has 2 nitrogen and oxygen atoms in total. The number of anilines is 1. The van der Waals surface area contributed by atoms with E-state index in [-0.39, 0.29) is 0 Å². The van der Waals surface area contributed by atoms with Crippen molar-refractivity contribution in [3.63, 3.8) is 0 Å². The first-order valence-electron chi connectivity index (χ1n) is 4.86. The summed E-state index contributed by atoms with van der Waals surface area (Å²) < 4.78 is 2.33. The van der Waals surface area contributed by atoms with Gasteiger partial charge < -0.3 is 0 Å². The lowest BCUT2D eigenvalue weighted by Crippen LogP contribution is -2.49. The number of hydrogen-bond acceptors (Lipinski definition) is 1. The Hall–Kier alpha value is -1.31. The molecule has 2 heteroatoms. The molecule has 1 aromatic heterocycles. The molecule has 0 bridgehead atoms. The van der Waals surface area contributed by atoms with Crippen LogP contribution in [0, 0.1) is 5.92 Å². The van der Waals surface area contributed by atoms with Gasteiger partial charge in [-0.2, -0.15) is 0 Å². The van der Waals surface area contributed by atoms with E-state index in [4.69, 9.17) is 0 Å². The highest BCUT2D eigenvalue weighted by Crippen LogP contribution is 2.29. The van der Waals surface area contributed by atoms with Gasteiger partial charge in [0.2, 0.25) is 0 Å². The van der Waals surface area contributed by atoms with Crippen LogP contribution in [0.3, 0.4) is 0 Å². The van der Waals surface area contributed by atoms with Crippen LogP contribution in [0.2, 0.25) is 0 Å². The number of fused-ring (bicyclic) bond motifs is 3. The zero-order valence-electron chi connectivity index (χ0n) is 7.48. The summed E-state index contributed by atoms with van der Waals surface area (Å²) in [7, 11) is 0. The number of nitrogens with one attached hydrogen (secondary N) is 1. The molecule has 0 radical (unpaired) electrons. The number of aromatic nitrogens is 1. The maximum atomic E-state index is 3.46. The highest BCUT2D eigenvalue weighted by atomic mass is 15.2. The first-order valence-corrected chi connectivity index (χ1v) is 4.86. The van der Waals surface area contributed by atoms with Crippen molar-refractivity contribution < 1.29 is 4.57 Å². The second-order valence-corrected chi connectivity index (χ2v) is 3.79. The highest BCUT2D eigenvalue weighted by Gasteiger charge is 2.34. The predicted octanol–water partition coefficient (Wildman–Crippen LogP) is 1.52. The third kappa shape index (κ3) is 0.981. The number of allylic oxidation sites excluding steroid dienone is 2. The molecule has 0 saturated carbocycles. The fourth-order valence-corrected chi connectivity index (χ4v) is 2.31. The minimum absolute atomic E-state index is 0.595. The van der Waals surface area contributed by atoms with Crippen LogP contribution >= 0.6 is 0 Å². The van der Waals surface area contributed by atoms with Crippen LogP contribution < -0.4 is 9.88 Å². The monoisotopic (exact) mass is 173 g/mol. The largest absolute Gasteiger partial charge is 0.274 e. The third-order valence-electron chi connectivity index (χ3n) is 3.01. The average Bonchev–Trinajstić information content (AvgIpc) is 2.65. The van der Waals surface area contributed by atoms with Gasteiger partial charge in [-0.15, -0.1) is 0 Å². The molecule has 3 rings (SSSR count). The van der Waals surface area contributed by atoms with Crippen molar-refractivity contribution in [2.24, 2.45) is 5.92 Å². The van der Waals surface area contributed by atoms with Crippen LogP contribution in [0.4, 0.5) is 5.82 Å². The maximum Gasteiger partial charge on any atom is 0.274 e. The molecule has 1 aliphatic heterocycles. The number of hydrogen-bond donors (Lipinski definition) is 1. The van der Waals surface area contributed by atoms with Crippen molar-refractivity contribution in [1.82, 2.24) is 0 Å². The summed E-state index contributed by atoms with van der Waals surface area (Å²) in [6, 6.07) is 6.91. The third-order valence-corrected chi connectivity index (χ3v) is 3.01. The van der Waals surface area contributed by atoms with Gasteiger partial charge in [0, 0.05) is 12.0 Å². The quantitative estimate of drug-likeness (QED) is 0.464. The van der Waals surface area contributed by atoms with Gasteiger partial charge in [0.05, 0.1) is 12.7 Å². The van der Waals surface area contributed by atoms with E-state index in [2.05, 4.69) is 46.4 Å². The van der Waals surface area contributed by atoms with E-state index in [9.17, 15) is 0 Å². The second kappa shape index (κ2) is 2.59. The van der Waals surface area contributed by atoms with Crippen LogP contribution in [0.25, 0.3) is 0 Å². The summed E-state index contributed by atoms with van der Waals surface area (Å²) in [6.07, 6.45) is 8.01. The van der Waals surface area contributed by atoms with Crippen LogP contribution in [0.15, 0.2) is 36.5 Å². The minimum Gasteiger partial charge on any atom is -0.274 e. The van der Waals surface area contributed by atoms with E-state index in [0.717, 1.165) is 12.5 Å². The average molecular weight is 173 g/mol. The molecular formula is C11H13N2+. The van der Waals surface area contributed by atoms with Gasteiger partial charge in [-0.25, -0.2) is 4.57 Å². The SMILES string of the molecule is C1=C[C@H]2[C@@H](C1)CNc1cccc[n+]12. The molecular weight excluding hydrogens is 160 g/mol. The molecule has 1 aromatic rings. The fourth-order valence-electron chi connectivity index (χ4n) is 2.31. The van der Waals surface area contributed by atoms with Crippen LogP contribution in [0.5, 0.6) is 0 Å². The Labute approximate surface area is 77.9 Å². The van der Waals surface area contributed by atoms with Gasteiger partial charge in [0.15, 0.2) is 0 Å². The number of rotatable bonds is 0. The lowest BCUT2D eigenvalue weighted by Gasteiger charge is -2.23. The first kappa shape index (κ1) is 7.13. The van der Waals surface area contributed by atoms with Gasteiger partial charge in [-0.05, 0) is 18.6 Å². The van der Waals surface area contributed by atoms with Crippen molar-refractivity contribution in [3.8, 4) is 0 Å². The molecule has 2 atom stereocenters. The Morgan fingerprint density at radius 3 is 3.38 bits per heavy atom. The summed E-state index contributed by atoms with van der Waals surface area (Å²) in [6.45, 7) is 1.11. The summed E-state index contributed by atoms with van der Waals surface area (Å²) in [5, 5.41) is 3.46. The number of pyridine rings is 1. The van der Waals surface area contributed by atoms with Gasteiger partial charge in [-0.1, -0.05) is 12.1 Å². The van der Waals surface area contributed by atoms with Gasteiger partial charge in [-0.3, -0.25) is 5.32 Å². The zero-order valence-corrected chi connectivity index (χ0v) is 7.48. The normalized spacial score (nSPS) is 29.2. The topological polar surface area (TPSA) is 15.9 Å². The van der Waals surface area contributed by atoms with E-state index in [1.54, 1.807) is 0 Å². The smallest absolute Gasteiger partial charge is 0.274 e. The number of nitrogens with zero attached hydrogens (tertiary/aromatic N) is 1. The molecule has 66 valence electrons. The standard InChI is InChI=1S/C11H12N2/c1-2-7-13-10-5-3-4-9(10)8-12-11(13)6-1/h1-3,5-7,9-10H,4,8H2/p+1/t9-,10-/m0/s1. The Morgan fingerprint density at radius 2 is 2.38 bits per heavy atom. The zero-order chi connectivity index (χ0) is 8.67. The molecule has 0 spiro atoms. The predicted molar refractivity (Wildman–Crippen MR) is 51.4 cm³/mol. The molecule has 0 aromatic carbocycles. The van der Waals surface area contributed by atoms with E-state index >= 15 is 0 Å². The van der Waals surface area contributed by atoms with E-state index in [0.29, 0.717) is 6.04 Å². The molecule has 2 heterocycles. The fraction of sp³-hybridized carbons (Fsp3) is 0.364. The van der Waals surface area contributed by atoms with Crippen molar-refractivity contribution in [3.05, 3.63) is 36.5 Å². The lowest BCUT2D eigenvalue weighted by atomic mass is 10.0. The Balaban J connectivity index is 2.10. The molecule has 0 fully saturated rings. The highest BCUT2D eigenvalue weighted by molar-refractivity contribution is 5.30. The summed E-state index contributed by atoms with van der Waals surface area (Å²) in [5.74, 6) is 2.01. The van der Waals surface area contributed by atoms with Crippen molar-refractivity contribution in [2.75, 3.05) is 11.9 Å². The van der Waals surface area contributed by atoms with Gasteiger partial charge >= 0.3 is 0 Å². The van der Waals surface area contributed by atoms with Gasteiger partial charge in [0.25, 0.3) is 5.82 Å². The molecule has 0 unspecified atom stereocenters. The second-order valence-electron chi connectivity index (χ2n) is 3.79. The minimum atomic E-state index is 0.595. The molecule has 1 aliphatic carbocycles. The van der Waals surface area contributed by atoms with Crippen LogP contribution in [-0.2, 0) is 0 Å². The molecule has 0 amide bonds. The van der Waals surface area contributed by atoms with Crippen molar-refractivity contribution in [2.45, 2.75) is 12.5 Å². The molecule has 2 aliphatic rings. The summed E-state index contributed by atoms with van der Waals surface area (Å²) in [4.78, 5) is 0. The molecule has 1 N–H and O–H groups in total. The first-order chi connectivity index (χ1) is 6.45. The van der Waals surface area contributed by atoms with Crippen LogP contribution in [0.1, 0.15) is 12.5 Å². The Morgan fingerprint density at radius 1 is 1.38 bits per heavy atom. The lowest BCUT2D eigenvalue weighted by molar-refractivity contribution is -0.708. The van der Waals surface area contributed by atoms with E-state index < -0.39 is 0 Å². The maximum absolute atomic E-state index is 3.46. The summed E-state index contributed by atoms with van der Waals surface area (Å²) in [5.41, 5.74) is 0. The Bertz CT molecular complexity index is 357. The van der Waals surface area contributed by atoms with E-state index in [1.165, 1.54) is 12.2 Å². The van der Waals surface area contributed by atoms with Gasteiger partial charge in [0.1, 0.15) is 6.04 Å². The molecule has 0 saturated heterocycles. The van der Waals surface area contributed by atoms with Crippen molar-refractivity contribution in [1.29, 1.82) is 0 Å². The van der Waals surface area contributed by atoms with Crippen LogP contribution in [-0.4, -0.2) is 6.54 Å². The summed E-state index contributed by atoms with van der Waals surface area (Å²) >= 11 is 0. The molecule has 13 heavy (non-hydrogen) atoms. The Kier molecular flexibility index (Phi) is 1.42.